The van der Waals surface area contributed by atoms with Gasteiger partial charge in [0.25, 0.3) is 0 Å². The van der Waals surface area contributed by atoms with Gasteiger partial charge in [-0.25, -0.2) is 0 Å². The summed E-state index contributed by atoms with van der Waals surface area (Å²) in [6.45, 7) is 0.487. The van der Waals surface area contributed by atoms with Crippen LogP contribution in [-0.4, -0.2) is 6.61 Å². The lowest BCUT2D eigenvalue weighted by molar-refractivity contribution is 0.276. The summed E-state index contributed by atoms with van der Waals surface area (Å²) in [5, 5.41) is 0. The van der Waals surface area contributed by atoms with E-state index >= 15 is 0 Å². The molecule has 2 nitrogen and oxygen atoms in total. The van der Waals surface area contributed by atoms with E-state index in [4.69, 9.17) is 10.5 Å². The second-order valence-electron chi connectivity index (χ2n) is 2.92. The Labute approximate surface area is 77.3 Å². The van der Waals surface area contributed by atoms with Crippen LogP contribution in [0.25, 0.3) is 5.57 Å². The SMILES string of the molecule is NC1=C(c2ccccc2)C=COC1. The maximum atomic E-state index is 5.81. The highest BCUT2D eigenvalue weighted by Gasteiger charge is 2.06. The highest BCUT2D eigenvalue weighted by molar-refractivity contribution is 5.76. The minimum Gasteiger partial charge on any atom is -0.495 e. The predicted octanol–water partition coefficient (Wildman–Crippen LogP) is 1.90. The van der Waals surface area contributed by atoms with Gasteiger partial charge in [-0.3, -0.25) is 0 Å². The van der Waals surface area contributed by atoms with E-state index in [9.17, 15) is 0 Å². The number of ether oxygens (including phenoxy) is 1. The van der Waals surface area contributed by atoms with Gasteiger partial charge in [0, 0.05) is 5.57 Å². The van der Waals surface area contributed by atoms with Gasteiger partial charge in [-0.2, -0.15) is 0 Å². The van der Waals surface area contributed by atoms with Gasteiger partial charge in [0.15, 0.2) is 0 Å². The molecule has 1 aliphatic heterocycles. The zero-order valence-corrected chi connectivity index (χ0v) is 7.23. The van der Waals surface area contributed by atoms with Crippen molar-refractivity contribution in [2.45, 2.75) is 0 Å². The van der Waals surface area contributed by atoms with E-state index in [2.05, 4.69) is 0 Å². The van der Waals surface area contributed by atoms with Gasteiger partial charge >= 0.3 is 0 Å². The number of nitrogens with two attached hydrogens (primary N) is 1. The maximum absolute atomic E-state index is 5.81. The van der Waals surface area contributed by atoms with Crippen LogP contribution in [0.4, 0.5) is 0 Å². The fraction of sp³-hybridized carbons (Fsp3) is 0.0909. The van der Waals surface area contributed by atoms with Gasteiger partial charge in [0.05, 0.1) is 12.0 Å². The van der Waals surface area contributed by atoms with Crippen LogP contribution in [-0.2, 0) is 4.74 Å². The van der Waals surface area contributed by atoms with Crippen molar-refractivity contribution >= 4 is 5.57 Å². The molecule has 0 amide bonds. The zero-order chi connectivity index (χ0) is 9.10. The fourth-order valence-electron chi connectivity index (χ4n) is 1.34. The predicted molar refractivity (Wildman–Crippen MR) is 52.6 cm³/mol. The molecule has 2 rings (SSSR count). The molecule has 0 saturated heterocycles. The highest BCUT2D eigenvalue weighted by Crippen LogP contribution is 2.20. The van der Waals surface area contributed by atoms with Crippen LogP contribution in [0.1, 0.15) is 5.56 Å². The first-order valence-electron chi connectivity index (χ1n) is 4.20. The van der Waals surface area contributed by atoms with Crippen molar-refractivity contribution in [1.29, 1.82) is 0 Å². The van der Waals surface area contributed by atoms with Crippen LogP contribution in [0.2, 0.25) is 0 Å². The monoisotopic (exact) mass is 173 g/mol. The molecule has 1 aromatic carbocycles. The van der Waals surface area contributed by atoms with Crippen molar-refractivity contribution in [2.75, 3.05) is 6.61 Å². The summed E-state index contributed by atoms with van der Waals surface area (Å²) >= 11 is 0. The average molecular weight is 173 g/mol. The molecule has 0 aromatic heterocycles. The number of hydrogen-bond donors (Lipinski definition) is 1. The van der Waals surface area contributed by atoms with Crippen molar-refractivity contribution < 1.29 is 4.74 Å². The van der Waals surface area contributed by atoms with Crippen molar-refractivity contribution in [1.82, 2.24) is 0 Å². The van der Waals surface area contributed by atoms with Gasteiger partial charge in [-0.05, 0) is 11.6 Å². The minimum absolute atomic E-state index is 0.487. The smallest absolute Gasteiger partial charge is 0.127 e. The Bertz CT molecular complexity index is 352. The van der Waals surface area contributed by atoms with Gasteiger partial charge in [0.1, 0.15) is 6.61 Å². The van der Waals surface area contributed by atoms with Crippen molar-refractivity contribution in [3.63, 3.8) is 0 Å². The second-order valence-corrected chi connectivity index (χ2v) is 2.92. The number of benzene rings is 1. The Morgan fingerprint density at radius 3 is 2.62 bits per heavy atom. The molecule has 0 atom stereocenters. The van der Waals surface area contributed by atoms with E-state index < -0.39 is 0 Å². The van der Waals surface area contributed by atoms with Crippen molar-refractivity contribution in [3.8, 4) is 0 Å². The standard InChI is InChI=1S/C11H11NO/c12-11-8-13-7-6-10(11)9-4-2-1-3-5-9/h1-7H,8,12H2. The van der Waals surface area contributed by atoms with E-state index in [-0.39, 0.29) is 0 Å². The molecule has 0 bridgehead atoms. The van der Waals surface area contributed by atoms with Crippen LogP contribution in [0, 0.1) is 0 Å². The minimum atomic E-state index is 0.487. The Kier molecular flexibility index (Phi) is 2.04. The lowest BCUT2D eigenvalue weighted by Gasteiger charge is -2.12. The molecule has 0 radical (unpaired) electrons. The summed E-state index contributed by atoms with van der Waals surface area (Å²) in [6, 6.07) is 10.1. The third-order valence-corrected chi connectivity index (χ3v) is 2.00. The Hall–Kier alpha value is -1.70. The molecule has 0 unspecified atom stereocenters. The number of hydrogen-bond acceptors (Lipinski definition) is 2. The quantitative estimate of drug-likeness (QED) is 0.704. The van der Waals surface area contributed by atoms with Crippen LogP contribution in [0.15, 0.2) is 48.4 Å². The lowest BCUT2D eigenvalue weighted by atomic mass is 10.0. The maximum Gasteiger partial charge on any atom is 0.127 e. The van der Waals surface area contributed by atoms with E-state index in [1.165, 1.54) is 0 Å². The van der Waals surface area contributed by atoms with E-state index in [0.717, 1.165) is 16.8 Å². The third kappa shape index (κ3) is 1.56. The van der Waals surface area contributed by atoms with Gasteiger partial charge in [0.2, 0.25) is 0 Å². The van der Waals surface area contributed by atoms with Gasteiger partial charge in [-0.15, -0.1) is 0 Å². The normalized spacial score (nSPS) is 15.7. The largest absolute Gasteiger partial charge is 0.495 e. The van der Waals surface area contributed by atoms with E-state index in [1.54, 1.807) is 6.26 Å². The van der Waals surface area contributed by atoms with E-state index in [1.807, 2.05) is 36.4 Å². The molecule has 0 aliphatic carbocycles. The molecule has 0 spiro atoms. The molecular formula is C11H11NO. The molecular weight excluding hydrogens is 162 g/mol. The first-order chi connectivity index (χ1) is 6.38. The first kappa shape index (κ1) is 7.92. The fourth-order valence-corrected chi connectivity index (χ4v) is 1.34. The zero-order valence-electron chi connectivity index (χ0n) is 7.23. The number of rotatable bonds is 1. The second kappa shape index (κ2) is 3.35. The van der Waals surface area contributed by atoms with Crippen LogP contribution >= 0.6 is 0 Å². The van der Waals surface area contributed by atoms with Gasteiger partial charge < -0.3 is 10.5 Å². The number of allylic oxidation sites excluding steroid dienone is 2. The molecule has 66 valence electrons. The summed E-state index contributed by atoms with van der Waals surface area (Å²) in [4.78, 5) is 0. The van der Waals surface area contributed by atoms with Crippen LogP contribution < -0.4 is 5.73 Å². The average Bonchev–Trinajstić information content (AvgIpc) is 2.20. The van der Waals surface area contributed by atoms with E-state index in [0.29, 0.717) is 6.61 Å². The molecule has 0 saturated carbocycles. The Morgan fingerprint density at radius 1 is 1.15 bits per heavy atom. The third-order valence-electron chi connectivity index (χ3n) is 2.00. The first-order valence-corrected chi connectivity index (χ1v) is 4.20. The summed E-state index contributed by atoms with van der Waals surface area (Å²) in [6.07, 6.45) is 3.58. The van der Waals surface area contributed by atoms with Crippen LogP contribution in [0.5, 0.6) is 0 Å². The lowest BCUT2D eigenvalue weighted by Crippen LogP contribution is -2.10. The molecule has 1 aliphatic rings. The topological polar surface area (TPSA) is 35.2 Å². The molecule has 1 aromatic rings. The molecule has 2 heteroatoms. The highest BCUT2D eigenvalue weighted by atomic mass is 16.5. The molecule has 13 heavy (non-hydrogen) atoms. The summed E-state index contributed by atoms with van der Waals surface area (Å²) in [7, 11) is 0. The molecule has 1 heterocycles. The van der Waals surface area contributed by atoms with Crippen molar-refractivity contribution in [2.24, 2.45) is 5.73 Å². The molecule has 0 fully saturated rings. The Morgan fingerprint density at radius 2 is 1.92 bits per heavy atom. The molecule has 2 N–H and O–H groups in total. The van der Waals surface area contributed by atoms with Crippen molar-refractivity contribution in [3.05, 3.63) is 53.9 Å². The summed E-state index contributed by atoms with van der Waals surface area (Å²) < 4.78 is 5.07. The summed E-state index contributed by atoms with van der Waals surface area (Å²) in [5.41, 5.74) is 8.80. The summed E-state index contributed by atoms with van der Waals surface area (Å²) in [5.74, 6) is 0. The van der Waals surface area contributed by atoms with Gasteiger partial charge in [-0.1, -0.05) is 30.3 Å². The Balaban J connectivity index is 2.41. The van der Waals surface area contributed by atoms with Crippen LogP contribution in [0.3, 0.4) is 0 Å².